The number of hydrogen-bond acceptors (Lipinski definition) is 5. The van der Waals surface area contributed by atoms with E-state index < -0.39 is 6.09 Å². The summed E-state index contributed by atoms with van der Waals surface area (Å²) in [6.07, 6.45) is 1.02. The molecule has 0 aliphatic rings. The van der Waals surface area contributed by atoms with Gasteiger partial charge in [-0.25, -0.2) is 4.79 Å². The average molecular weight is 367 g/mol. The van der Waals surface area contributed by atoms with Crippen LogP contribution in [0.15, 0.2) is 48.7 Å². The van der Waals surface area contributed by atoms with Crippen LogP contribution in [-0.4, -0.2) is 18.2 Å². The van der Waals surface area contributed by atoms with Crippen LogP contribution in [-0.2, 0) is 11.3 Å². The number of nitrogens with one attached hydrogen (secondary N) is 2. The Labute approximate surface area is 155 Å². The molecule has 130 valence electrons. The van der Waals surface area contributed by atoms with Crippen molar-refractivity contribution in [1.82, 2.24) is 4.98 Å². The maximum absolute atomic E-state index is 11.2. The fraction of sp³-hybridized carbons (Fsp3) is 0.105. The molecule has 2 aromatic carbocycles. The van der Waals surface area contributed by atoms with Crippen LogP contribution in [0.4, 0.5) is 16.2 Å². The van der Waals surface area contributed by atoms with Gasteiger partial charge in [-0.05, 0) is 35.9 Å². The Morgan fingerprint density at radius 2 is 2.04 bits per heavy atom. The van der Waals surface area contributed by atoms with Crippen LogP contribution < -0.4 is 10.6 Å². The molecular formula is C19H15ClN4O2. The van der Waals surface area contributed by atoms with Crippen LogP contribution in [0.25, 0.3) is 10.9 Å². The first-order chi connectivity index (χ1) is 12.6. The lowest BCUT2D eigenvalue weighted by molar-refractivity contribution is 0.187. The summed E-state index contributed by atoms with van der Waals surface area (Å²) >= 11 is 6.09. The van der Waals surface area contributed by atoms with E-state index in [0.717, 1.165) is 16.5 Å². The third-order valence-electron chi connectivity index (χ3n) is 3.81. The lowest BCUT2D eigenvalue weighted by atomic mass is 10.1. The first-order valence-electron chi connectivity index (χ1n) is 7.77. The maximum Gasteiger partial charge on any atom is 0.411 e. The minimum atomic E-state index is -0.519. The zero-order valence-corrected chi connectivity index (χ0v) is 14.7. The summed E-state index contributed by atoms with van der Waals surface area (Å²) in [5.41, 5.74) is 3.52. The normalized spacial score (nSPS) is 10.2. The zero-order chi connectivity index (χ0) is 18.5. The van der Waals surface area contributed by atoms with Crippen molar-refractivity contribution in [1.29, 1.82) is 5.26 Å². The summed E-state index contributed by atoms with van der Waals surface area (Å²) in [4.78, 5) is 15.5. The number of ether oxygens (including phenoxy) is 1. The van der Waals surface area contributed by atoms with Crippen molar-refractivity contribution in [2.24, 2.45) is 0 Å². The predicted molar refractivity (Wildman–Crippen MR) is 101 cm³/mol. The number of fused-ring (bicyclic) bond motifs is 1. The molecular weight excluding hydrogens is 352 g/mol. The molecule has 1 aromatic heterocycles. The van der Waals surface area contributed by atoms with Crippen molar-refractivity contribution in [2.75, 3.05) is 17.7 Å². The quantitative estimate of drug-likeness (QED) is 0.707. The first-order valence-corrected chi connectivity index (χ1v) is 8.14. The van der Waals surface area contributed by atoms with Crippen LogP contribution in [0.3, 0.4) is 0 Å². The SMILES string of the molecule is COC(=O)Nc1ccc(CNc2c(C#N)cnc3ccc(Cl)cc23)cc1. The van der Waals surface area contributed by atoms with E-state index in [2.05, 4.69) is 26.4 Å². The molecule has 0 aliphatic carbocycles. The van der Waals surface area contributed by atoms with Gasteiger partial charge in [-0.15, -0.1) is 0 Å². The standard InChI is InChI=1S/C19H15ClN4O2/c1-26-19(25)24-15-5-2-12(3-6-15)10-23-18-13(9-21)11-22-17-7-4-14(20)8-16(17)18/h2-8,11H,10H2,1H3,(H,22,23)(H,24,25). The van der Waals surface area contributed by atoms with E-state index >= 15 is 0 Å². The minimum Gasteiger partial charge on any atom is -0.453 e. The highest BCUT2D eigenvalue weighted by Gasteiger charge is 2.09. The molecule has 0 spiro atoms. The second kappa shape index (κ2) is 7.72. The smallest absolute Gasteiger partial charge is 0.411 e. The van der Waals surface area contributed by atoms with Gasteiger partial charge in [0.15, 0.2) is 0 Å². The molecule has 0 radical (unpaired) electrons. The number of benzene rings is 2. The molecule has 0 unspecified atom stereocenters. The number of carbonyl (C=O) groups excluding carboxylic acids is 1. The second-order valence-corrected chi connectivity index (χ2v) is 5.92. The highest BCUT2D eigenvalue weighted by molar-refractivity contribution is 6.31. The van der Waals surface area contributed by atoms with Crippen LogP contribution in [0.5, 0.6) is 0 Å². The predicted octanol–water partition coefficient (Wildman–Crippen LogP) is 4.55. The molecule has 2 N–H and O–H groups in total. The van der Waals surface area contributed by atoms with E-state index in [-0.39, 0.29) is 0 Å². The average Bonchev–Trinajstić information content (AvgIpc) is 2.67. The Balaban J connectivity index is 1.82. The van der Waals surface area contributed by atoms with Crippen molar-refractivity contribution in [3.63, 3.8) is 0 Å². The Morgan fingerprint density at radius 1 is 1.27 bits per heavy atom. The van der Waals surface area contributed by atoms with Gasteiger partial charge >= 0.3 is 6.09 Å². The van der Waals surface area contributed by atoms with Gasteiger partial charge in [0, 0.05) is 28.8 Å². The van der Waals surface area contributed by atoms with Gasteiger partial charge < -0.3 is 10.1 Å². The molecule has 0 fully saturated rings. The van der Waals surface area contributed by atoms with E-state index in [0.29, 0.717) is 28.5 Å². The van der Waals surface area contributed by atoms with Crippen molar-refractivity contribution in [3.8, 4) is 6.07 Å². The van der Waals surface area contributed by atoms with Gasteiger partial charge in [0.05, 0.1) is 23.9 Å². The fourth-order valence-electron chi connectivity index (χ4n) is 2.51. The highest BCUT2D eigenvalue weighted by atomic mass is 35.5. The summed E-state index contributed by atoms with van der Waals surface area (Å²) in [6.45, 7) is 0.499. The summed E-state index contributed by atoms with van der Waals surface area (Å²) in [5.74, 6) is 0. The van der Waals surface area contributed by atoms with E-state index in [1.807, 2.05) is 18.2 Å². The number of rotatable bonds is 4. The number of pyridine rings is 1. The number of carbonyl (C=O) groups is 1. The van der Waals surface area contributed by atoms with E-state index in [1.54, 1.807) is 30.5 Å². The Hall–Kier alpha value is -3.30. The zero-order valence-electron chi connectivity index (χ0n) is 13.9. The molecule has 6 nitrogen and oxygen atoms in total. The number of nitriles is 1. The molecule has 0 saturated carbocycles. The van der Waals surface area contributed by atoms with E-state index in [1.165, 1.54) is 7.11 Å². The Morgan fingerprint density at radius 3 is 2.73 bits per heavy atom. The lowest BCUT2D eigenvalue weighted by Gasteiger charge is -2.12. The number of aromatic nitrogens is 1. The van der Waals surface area contributed by atoms with Crippen molar-refractivity contribution >= 4 is 40.0 Å². The van der Waals surface area contributed by atoms with Crippen LogP contribution in [0, 0.1) is 11.3 Å². The van der Waals surface area contributed by atoms with Crippen LogP contribution >= 0.6 is 11.6 Å². The molecule has 0 saturated heterocycles. The molecule has 3 rings (SSSR count). The highest BCUT2D eigenvalue weighted by Crippen LogP contribution is 2.28. The largest absolute Gasteiger partial charge is 0.453 e. The molecule has 26 heavy (non-hydrogen) atoms. The second-order valence-electron chi connectivity index (χ2n) is 5.49. The Kier molecular flexibility index (Phi) is 5.20. The molecule has 0 atom stereocenters. The van der Waals surface area contributed by atoms with E-state index in [9.17, 15) is 10.1 Å². The van der Waals surface area contributed by atoms with Crippen molar-refractivity contribution < 1.29 is 9.53 Å². The number of amides is 1. The summed E-state index contributed by atoms with van der Waals surface area (Å²) in [7, 11) is 1.31. The lowest BCUT2D eigenvalue weighted by Crippen LogP contribution is -2.10. The number of anilines is 2. The van der Waals surface area contributed by atoms with Gasteiger partial charge in [0.25, 0.3) is 0 Å². The summed E-state index contributed by atoms with van der Waals surface area (Å²) in [5, 5.41) is 16.6. The fourth-order valence-corrected chi connectivity index (χ4v) is 2.68. The molecule has 1 heterocycles. The number of halogens is 1. The number of hydrogen-bond donors (Lipinski definition) is 2. The van der Waals surface area contributed by atoms with Gasteiger partial charge in [-0.2, -0.15) is 5.26 Å². The molecule has 0 aliphatic heterocycles. The first kappa shape index (κ1) is 17.5. The molecule has 0 bridgehead atoms. The topological polar surface area (TPSA) is 87.0 Å². The molecule has 7 heteroatoms. The Bertz CT molecular complexity index is 997. The monoisotopic (exact) mass is 366 g/mol. The third-order valence-corrected chi connectivity index (χ3v) is 4.04. The third kappa shape index (κ3) is 3.85. The minimum absolute atomic E-state index is 0.448. The van der Waals surface area contributed by atoms with E-state index in [4.69, 9.17) is 11.6 Å². The molecule has 3 aromatic rings. The van der Waals surface area contributed by atoms with Gasteiger partial charge in [0.2, 0.25) is 0 Å². The van der Waals surface area contributed by atoms with Gasteiger partial charge in [-0.3, -0.25) is 10.3 Å². The van der Waals surface area contributed by atoms with Gasteiger partial charge in [-0.1, -0.05) is 23.7 Å². The van der Waals surface area contributed by atoms with Gasteiger partial charge in [0.1, 0.15) is 6.07 Å². The molecule has 1 amide bonds. The summed E-state index contributed by atoms with van der Waals surface area (Å²) < 4.78 is 4.56. The maximum atomic E-state index is 11.2. The summed E-state index contributed by atoms with van der Waals surface area (Å²) in [6, 6.07) is 14.8. The van der Waals surface area contributed by atoms with Crippen LogP contribution in [0.1, 0.15) is 11.1 Å². The van der Waals surface area contributed by atoms with Crippen molar-refractivity contribution in [2.45, 2.75) is 6.54 Å². The number of nitrogens with zero attached hydrogens (tertiary/aromatic N) is 2. The number of methoxy groups -OCH3 is 1. The van der Waals surface area contributed by atoms with Crippen molar-refractivity contribution in [3.05, 3.63) is 64.8 Å². The van der Waals surface area contributed by atoms with Crippen LogP contribution in [0.2, 0.25) is 5.02 Å².